The molecule has 0 aliphatic carbocycles. The van der Waals surface area contributed by atoms with Gasteiger partial charge in [0.2, 0.25) is 0 Å². The van der Waals surface area contributed by atoms with Gasteiger partial charge in [-0.25, -0.2) is 0 Å². The maximum Gasteiger partial charge on any atom is 0.0880 e. The molecule has 1 rings (SSSR count). The van der Waals surface area contributed by atoms with Crippen molar-refractivity contribution in [3.63, 3.8) is 0 Å². The van der Waals surface area contributed by atoms with E-state index in [4.69, 9.17) is 11.6 Å². The number of likely N-dealkylation sites (tertiary alicyclic amines) is 1. The van der Waals surface area contributed by atoms with Crippen LogP contribution in [0.5, 0.6) is 0 Å². The van der Waals surface area contributed by atoms with E-state index in [1.807, 2.05) is 7.05 Å². The number of hydrogen-bond donors (Lipinski definition) is 0. The van der Waals surface area contributed by atoms with Crippen LogP contribution >= 0.6 is 11.6 Å². The Labute approximate surface area is 55.6 Å². The molecule has 0 spiro atoms. The highest BCUT2D eigenvalue weighted by molar-refractivity contribution is 6.21. The zero-order valence-electron chi connectivity index (χ0n) is 5.10. The monoisotopic (exact) mass is 132 g/mol. The van der Waals surface area contributed by atoms with Gasteiger partial charge in [-0.1, -0.05) is 0 Å². The molecule has 1 saturated heterocycles. The maximum atomic E-state index is 5.84. The number of rotatable bonds is 0. The van der Waals surface area contributed by atoms with Crippen molar-refractivity contribution in [2.45, 2.75) is 18.3 Å². The van der Waals surface area contributed by atoms with Crippen molar-refractivity contribution < 1.29 is 0 Å². The Morgan fingerprint density at radius 2 is 2.50 bits per heavy atom. The minimum absolute atomic E-state index is 0.184. The molecule has 0 aromatic heterocycles. The van der Waals surface area contributed by atoms with Crippen molar-refractivity contribution >= 4 is 11.6 Å². The van der Waals surface area contributed by atoms with Crippen molar-refractivity contribution in [2.24, 2.45) is 0 Å². The molecule has 1 fully saturated rings. The van der Waals surface area contributed by atoms with Crippen LogP contribution in [0, 0.1) is 6.42 Å². The lowest BCUT2D eigenvalue weighted by Gasteiger charge is -2.26. The van der Waals surface area contributed by atoms with Crippen molar-refractivity contribution in [1.29, 1.82) is 0 Å². The Balaban J connectivity index is 2.28. The lowest BCUT2D eigenvalue weighted by molar-refractivity contribution is 0.290. The zero-order chi connectivity index (χ0) is 5.98. The third-order valence-corrected chi connectivity index (χ3v) is 2.01. The van der Waals surface area contributed by atoms with Gasteiger partial charge in [-0.2, -0.15) is 0 Å². The summed E-state index contributed by atoms with van der Waals surface area (Å²) in [4.78, 5) is 2.14. The molecule has 2 heteroatoms. The highest BCUT2D eigenvalue weighted by atomic mass is 35.5. The van der Waals surface area contributed by atoms with Crippen molar-refractivity contribution in [2.75, 3.05) is 13.6 Å². The molecule has 1 atom stereocenters. The summed E-state index contributed by atoms with van der Waals surface area (Å²) in [6.45, 7) is 1.14. The fourth-order valence-corrected chi connectivity index (χ4v) is 1.12. The number of piperidine rings is 1. The standard InChI is InChI=1S/C6H11ClN/c1-8-5-3-2-4-6(8)7/h4,6H,2-3,5H2,1H3. The molecule has 0 saturated carbocycles. The Morgan fingerprint density at radius 1 is 1.75 bits per heavy atom. The molecule has 0 bridgehead atoms. The third kappa shape index (κ3) is 1.36. The molecule has 1 radical (unpaired) electrons. The summed E-state index contributed by atoms with van der Waals surface area (Å²) in [5, 5.41) is 0. The second-order valence-electron chi connectivity index (χ2n) is 2.23. The molecular formula is C6H11ClN. The fourth-order valence-electron chi connectivity index (χ4n) is 0.899. The minimum atomic E-state index is 0.184. The van der Waals surface area contributed by atoms with Crippen LogP contribution in [-0.4, -0.2) is 24.0 Å². The fraction of sp³-hybridized carbons (Fsp3) is 0.833. The van der Waals surface area contributed by atoms with Crippen LogP contribution in [0.2, 0.25) is 0 Å². The lowest BCUT2D eigenvalue weighted by atomic mass is 10.1. The van der Waals surface area contributed by atoms with Gasteiger partial charge in [-0.15, -0.1) is 11.6 Å². The van der Waals surface area contributed by atoms with E-state index in [-0.39, 0.29) is 5.50 Å². The second-order valence-corrected chi connectivity index (χ2v) is 2.68. The summed E-state index contributed by atoms with van der Waals surface area (Å²) in [7, 11) is 2.05. The topological polar surface area (TPSA) is 3.24 Å². The Bertz CT molecular complexity index is 64.9. The number of alkyl halides is 1. The van der Waals surface area contributed by atoms with Crippen molar-refractivity contribution in [3.8, 4) is 0 Å². The minimum Gasteiger partial charge on any atom is -0.290 e. The number of nitrogens with zero attached hydrogens (tertiary/aromatic N) is 1. The first kappa shape index (κ1) is 6.37. The number of halogens is 1. The van der Waals surface area contributed by atoms with E-state index in [1.54, 1.807) is 0 Å². The summed E-state index contributed by atoms with van der Waals surface area (Å²) in [5.41, 5.74) is 0.184. The third-order valence-electron chi connectivity index (χ3n) is 1.50. The largest absolute Gasteiger partial charge is 0.290 e. The molecule has 0 aromatic rings. The first-order valence-corrected chi connectivity index (χ1v) is 3.42. The molecule has 8 heavy (non-hydrogen) atoms. The van der Waals surface area contributed by atoms with Gasteiger partial charge in [0.1, 0.15) is 0 Å². The Hall–Kier alpha value is 0.250. The van der Waals surface area contributed by atoms with E-state index < -0.39 is 0 Å². The first-order valence-electron chi connectivity index (χ1n) is 2.98. The van der Waals surface area contributed by atoms with Crippen molar-refractivity contribution in [3.05, 3.63) is 6.42 Å². The molecule has 47 valence electrons. The van der Waals surface area contributed by atoms with Crippen LogP contribution in [-0.2, 0) is 0 Å². The summed E-state index contributed by atoms with van der Waals surface area (Å²) in [6, 6.07) is 0. The van der Waals surface area contributed by atoms with Gasteiger partial charge in [-0.3, -0.25) is 4.90 Å². The normalized spacial score (nSPS) is 33.0. The Kier molecular flexibility index (Phi) is 2.15. The van der Waals surface area contributed by atoms with E-state index in [1.165, 1.54) is 12.8 Å². The van der Waals surface area contributed by atoms with Crippen LogP contribution in [0.3, 0.4) is 0 Å². The molecule has 0 aromatic carbocycles. The molecule has 0 N–H and O–H groups in total. The van der Waals surface area contributed by atoms with Crippen LogP contribution in [0.15, 0.2) is 0 Å². The summed E-state index contributed by atoms with van der Waals surface area (Å²) in [5.74, 6) is 0. The van der Waals surface area contributed by atoms with E-state index >= 15 is 0 Å². The summed E-state index contributed by atoms with van der Waals surface area (Å²) >= 11 is 5.84. The average Bonchev–Trinajstić information content (AvgIpc) is 1.77. The van der Waals surface area contributed by atoms with Gasteiger partial charge in [0.25, 0.3) is 0 Å². The van der Waals surface area contributed by atoms with Crippen molar-refractivity contribution in [1.82, 2.24) is 4.90 Å². The first-order chi connectivity index (χ1) is 3.80. The van der Waals surface area contributed by atoms with Gasteiger partial charge >= 0.3 is 0 Å². The molecule has 1 aliphatic heterocycles. The van der Waals surface area contributed by atoms with E-state index in [2.05, 4.69) is 11.3 Å². The van der Waals surface area contributed by atoms with E-state index in [9.17, 15) is 0 Å². The SMILES string of the molecule is CN1CCC[CH]C1Cl. The highest BCUT2D eigenvalue weighted by Crippen LogP contribution is 2.15. The van der Waals surface area contributed by atoms with Gasteiger partial charge in [0.15, 0.2) is 0 Å². The quantitative estimate of drug-likeness (QED) is 0.357. The molecule has 1 unspecified atom stereocenters. The van der Waals surface area contributed by atoms with Gasteiger partial charge in [-0.05, 0) is 32.9 Å². The van der Waals surface area contributed by atoms with Gasteiger partial charge in [0, 0.05) is 0 Å². The Morgan fingerprint density at radius 3 is 2.88 bits per heavy atom. The summed E-state index contributed by atoms with van der Waals surface area (Å²) < 4.78 is 0. The molecule has 1 heterocycles. The average molecular weight is 133 g/mol. The molecule has 0 amide bonds. The summed E-state index contributed by atoms with van der Waals surface area (Å²) in [6.07, 6.45) is 4.59. The van der Waals surface area contributed by atoms with Crippen LogP contribution in [0.25, 0.3) is 0 Å². The molecule has 1 nitrogen and oxygen atoms in total. The van der Waals surface area contributed by atoms with Gasteiger partial charge < -0.3 is 0 Å². The maximum absolute atomic E-state index is 5.84. The lowest BCUT2D eigenvalue weighted by Crippen LogP contribution is -2.32. The smallest absolute Gasteiger partial charge is 0.0880 e. The predicted octanol–water partition coefficient (Wildman–Crippen LogP) is 1.48. The predicted molar refractivity (Wildman–Crippen MR) is 35.8 cm³/mol. The van der Waals surface area contributed by atoms with Crippen LogP contribution in [0.1, 0.15) is 12.8 Å². The van der Waals surface area contributed by atoms with E-state index in [0.717, 1.165) is 6.54 Å². The van der Waals surface area contributed by atoms with Crippen LogP contribution in [0.4, 0.5) is 0 Å². The van der Waals surface area contributed by atoms with Gasteiger partial charge in [0.05, 0.1) is 5.50 Å². The highest BCUT2D eigenvalue weighted by Gasteiger charge is 2.14. The number of hydrogen-bond acceptors (Lipinski definition) is 1. The zero-order valence-corrected chi connectivity index (χ0v) is 5.86. The molecule has 1 aliphatic rings. The molecular weight excluding hydrogens is 122 g/mol. The van der Waals surface area contributed by atoms with Crippen LogP contribution < -0.4 is 0 Å². The van der Waals surface area contributed by atoms with E-state index in [0.29, 0.717) is 0 Å². The second kappa shape index (κ2) is 2.70.